The van der Waals surface area contributed by atoms with Crippen LogP contribution in [0.3, 0.4) is 0 Å². The molecule has 3 heteroatoms. The summed E-state index contributed by atoms with van der Waals surface area (Å²) in [6.07, 6.45) is 1.48. The van der Waals surface area contributed by atoms with Gasteiger partial charge in [-0.2, -0.15) is 0 Å². The van der Waals surface area contributed by atoms with Crippen molar-refractivity contribution in [3.05, 3.63) is 28.2 Å². The van der Waals surface area contributed by atoms with Crippen LogP contribution in [0.15, 0.2) is 22.7 Å². The van der Waals surface area contributed by atoms with E-state index in [0.29, 0.717) is 23.6 Å². The standard InChI is InChI=1S/C12H16BrNO/c1-8(2)3-6-12(15)10-5-4-9(13)7-11(10)14/h4-5,7-8H,3,6,14H2,1-2H3. The Balaban J connectivity index is 2.74. The summed E-state index contributed by atoms with van der Waals surface area (Å²) in [5, 5.41) is 0. The Morgan fingerprint density at radius 1 is 1.47 bits per heavy atom. The van der Waals surface area contributed by atoms with Crippen LogP contribution in [0.25, 0.3) is 0 Å². The molecule has 0 atom stereocenters. The second-order valence-electron chi connectivity index (χ2n) is 4.09. The van der Waals surface area contributed by atoms with E-state index in [1.807, 2.05) is 6.07 Å². The number of halogens is 1. The molecule has 0 aromatic heterocycles. The van der Waals surface area contributed by atoms with Crippen molar-refractivity contribution >= 4 is 27.4 Å². The first-order valence-corrected chi connectivity index (χ1v) is 5.88. The summed E-state index contributed by atoms with van der Waals surface area (Å²) < 4.78 is 0.903. The first kappa shape index (κ1) is 12.2. The molecular formula is C12H16BrNO. The van der Waals surface area contributed by atoms with Crippen molar-refractivity contribution in [3.63, 3.8) is 0 Å². The van der Waals surface area contributed by atoms with Gasteiger partial charge in [-0.25, -0.2) is 0 Å². The number of ketones is 1. The number of anilines is 1. The lowest BCUT2D eigenvalue weighted by atomic mass is 10.0. The average Bonchev–Trinajstić information content (AvgIpc) is 2.14. The molecular weight excluding hydrogens is 254 g/mol. The number of hydrogen-bond donors (Lipinski definition) is 1. The summed E-state index contributed by atoms with van der Waals surface area (Å²) in [6, 6.07) is 5.39. The lowest BCUT2D eigenvalue weighted by Gasteiger charge is -2.06. The van der Waals surface area contributed by atoms with E-state index in [1.165, 1.54) is 0 Å². The van der Waals surface area contributed by atoms with Crippen molar-refractivity contribution in [1.82, 2.24) is 0 Å². The summed E-state index contributed by atoms with van der Waals surface area (Å²) in [5.41, 5.74) is 6.97. The highest BCUT2D eigenvalue weighted by atomic mass is 79.9. The Morgan fingerprint density at radius 3 is 2.67 bits per heavy atom. The molecule has 82 valence electrons. The molecule has 15 heavy (non-hydrogen) atoms. The van der Waals surface area contributed by atoms with Gasteiger partial charge in [-0.1, -0.05) is 29.8 Å². The molecule has 0 aliphatic carbocycles. The van der Waals surface area contributed by atoms with Crippen molar-refractivity contribution in [1.29, 1.82) is 0 Å². The number of carbonyl (C=O) groups excluding carboxylic acids is 1. The van der Waals surface area contributed by atoms with Crippen LogP contribution in [-0.2, 0) is 0 Å². The number of nitrogens with two attached hydrogens (primary N) is 1. The van der Waals surface area contributed by atoms with Gasteiger partial charge >= 0.3 is 0 Å². The number of rotatable bonds is 4. The molecule has 0 aliphatic rings. The van der Waals surface area contributed by atoms with Crippen LogP contribution in [0.4, 0.5) is 5.69 Å². The predicted molar refractivity (Wildman–Crippen MR) is 67.0 cm³/mol. The Bertz CT molecular complexity index is 361. The maximum atomic E-state index is 11.8. The Kier molecular flexibility index (Phi) is 4.33. The SMILES string of the molecule is CC(C)CCC(=O)c1ccc(Br)cc1N. The zero-order valence-corrected chi connectivity index (χ0v) is 10.7. The van der Waals surface area contributed by atoms with E-state index in [1.54, 1.807) is 12.1 Å². The molecule has 0 bridgehead atoms. The molecule has 2 N–H and O–H groups in total. The molecule has 0 unspecified atom stereocenters. The highest BCUT2D eigenvalue weighted by molar-refractivity contribution is 9.10. The molecule has 0 heterocycles. The normalized spacial score (nSPS) is 10.7. The fourth-order valence-corrected chi connectivity index (χ4v) is 1.72. The van der Waals surface area contributed by atoms with Crippen LogP contribution < -0.4 is 5.73 Å². The molecule has 0 fully saturated rings. The third-order valence-corrected chi connectivity index (χ3v) is 2.76. The summed E-state index contributed by atoms with van der Waals surface area (Å²) in [5.74, 6) is 0.680. The second kappa shape index (κ2) is 5.31. The maximum absolute atomic E-state index is 11.8. The highest BCUT2D eigenvalue weighted by Gasteiger charge is 2.10. The smallest absolute Gasteiger partial charge is 0.164 e. The van der Waals surface area contributed by atoms with Crippen molar-refractivity contribution < 1.29 is 4.79 Å². The minimum Gasteiger partial charge on any atom is -0.398 e. The molecule has 0 saturated carbocycles. The van der Waals surface area contributed by atoms with E-state index in [-0.39, 0.29) is 5.78 Å². The molecule has 1 aromatic carbocycles. The first-order chi connectivity index (χ1) is 7.00. The number of hydrogen-bond acceptors (Lipinski definition) is 2. The number of nitrogen functional groups attached to an aromatic ring is 1. The molecule has 0 amide bonds. The monoisotopic (exact) mass is 269 g/mol. The Labute approximate surface area is 99.0 Å². The Hall–Kier alpha value is -0.830. The molecule has 1 rings (SSSR count). The molecule has 1 aromatic rings. The maximum Gasteiger partial charge on any atom is 0.164 e. The number of benzene rings is 1. The van der Waals surface area contributed by atoms with Gasteiger partial charge in [0.15, 0.2) is 5.78 Å². The van der Waals surface area contributed by atoms with Gasteiger partial charge in [0.05, 0.1) is 0 Å². The quantitative estimate of drug-likeness (QED) is 0.670. The van der Waals surface area contributed by atoms with Gasteiger partial charge in [0, 0.05) is 22.1 Å². The zero-order valence-electron chi connectivity index (χ0n) is 9.09. The van der Waals surface area contributed by atoms with Crippen LogP contribution in [0.1, 0.15) is 37.0 Å². The van der Waals surface area contributed by atoms with E-state index in [4.69, 9.17) is 5.73 Å². The van der Waals surface area contributed by atoms with E-state index in [2.05, 4.69) is 29.8 Å². The van der Waals surface area contributed by atoms with E-state index in [9.17, 15) is 4.79 Å². The largest absolute Gasteiger partial charge is 0.398 e. The summed E-state index contributed by atoms with van der Waals surface area (Å²) >= 11 is 3.32. The Morgan fingerprint density at radius 2 is 2.13 bits per heavy atom. The lowest BCUT2D eigenvalue weighted by molar-refractivity contribution is 0.0976. The van der Waals surface area contributed by atoms with Crippen LogP contribution >= 0.6 is 15.9 Å². The molecule has 2 nitrogen and oxygen atoms in total. The van der Waals surface area contributed by atoms with Crippen molar-refractivity contribution in [2.75, 3.05) is 5.73 Å². The fourth-order valence-electron chi connectivity index (χ4n) is 1.34. The topological polar surface area (TPSA) is 43.1 Å². The van der Waals surface area contributed by atoms with E-state index < -0.39 is 0 Å². The lowest BCUT2D eigenvalue weighted by Crippen LogP contribution is -2.05. The number of Topliss-reactive ketones (excluding diaryl/α,β-unsaturated/α-hetero) is 1. The fraction of sp³-hybridized carbons (Fsp3) is 0.417. The minimum absolute atomic E-state index is 0.133. The molecule has 0 aliphatic heterocycles. The van der Waals surface area contributed by atoms with Gasteiger partial charge in [0.1, 0.15) is 0 Å². The van der Waals surface area contributed by atoms with Crippen LogP contribution in [-0.4, -0.2) is 5.78 Å². The zero-order chi connectivity index (χ0) is 11.4. The predicted octanol–water partition coefficient (Wildman–Crippen LogP) is 3.65. The first-order valence-electron chi connectivity index (χ1n) is 5.09. The molecule has 0 radical (unpaired) electrons. The van der Waals surface area contributed by atoms with Crippen molar-refractivity contribution in [2.24, 2.45) is 5.92 Å². The van der Waals surface area contributed by atoms with Gasteiger partial charge in [-0.05, 0) is 30.5 Å². The third kappa shape index (κ3) is 3.67. The van der Waals surface area contributed by atoms with Gasteiger partial charge < -0.3 is 5.73 Å². The summed E-state index contributed by atoms with van der Waals surface area (Å²) in [7, 11) is 0. The molecule has 0 saturated heterocycles. The average molecular weight is 270 g/mol. The highest BCUT2D eigenvalue weighted by Crippen LogP contribution is 2.20. The van der Waals surface area contributed by atoms with Gasteiger partial charge in [0.2, 0.25) is 0 Å². The third-order valence-electron chi connectivity index (χ3n) is 2.26. The van der Waals surface area contributed by atoms with Gasteiger partial charge in [-0.15, -0.1) is 0 Å². The van der Waals surface area contributed by atoms with E-state index in [0.717, 1.165) is 10.9 Å². The summed E-state index contributed by atoms with van der Waals surface area (Å²) in [4.78, 5) is 11.8. The van der Waals surface area contributed by atoms with Gasteiger partial charge in [-0.3, -0.25) is 4.79 Å². The molecule has 0 spiro atoms. The minimum atomic E-state index is 0.133. The van der Waals surface area contributed by atoms with Gasteiger partial charge in [0.25, 0.3) is 0 Å². The number of carbonyl (C=O) groups is 1. The summed E-state index contributed by atoms with van der Waals surface area (Å²) in [6.45, 7) is 4.22. The second-order valence-corrected chi connectivity index (χ2v) is 5.00. The van der Waals surface area contributed by atoms with Crippen molar-refractivity contribution in [3.8, 4) is 0 Å². The van der Waals surface area contributed by atoms with Crippen LogP contribution in [0.5, 0.6) is 0 Å². The van der Waals surface area contributed by atoms with Crippen LogP contribution in [0.2, 0.25) is 0 Å². The van der Waals surface area contributed by atoms with Crippen LogP contribution in [0, 0.1) is 5.92 Å². The van der Waals surface area contributed by atoms with E-state index >= 15 is 0 Å². The van der Waals surface area contributed by atoms with Crippen molar-refractivity contribution in [2.45, 2.75) is 26.7 Å².